The van der Waals surface area contributed by atoms with E-state index in [9.17, 15) is 4.79 Å². The summed E-state index contributed by atoms with van der Waals surface area (Å²) in [6.45, 7) is 3.69. The molecule has 0 saturated heterocycles. The van der Waals surface area contributed by atoms with Gasteiger partial charge in [0, 0.05) is 3.57 Å². The van der Waals surface area contributed by atoms with Gasteiger partial charge >= 0.3 is 0 Å². The molecule has 0 aliphatic rings. The predicted molar refractivity (Wildman–Crippen MR) is 79.5 cm³/mol. The number of halogens is 1. The fraction of sp³-hybridized carbons (Fsp3) is 0.333. The van der Waals surface area contributed by atoms with Gasteiger partial charge in [-0.05, 0) is 40.6 Å². The van der Waals surface area contributed by atoms with Crippen LogP contribution in [-0.4, -0.2) is 17.0 Å². The number of benzene rings is 1. The predicted octanol–water partition coefficient (Wildman–Crippen LogP) is 2.25. The van der Waals surface area contributed by atoms with Crippen LogP contribution in [0.25, 0.3) is 0 Å². The summed E-state index contributed by atoms with van der Waals surface area (Å²) in [7, 11) is 0. The molecule has 1 rings (SSSR count). The van der Waals surface area contributed by atoms with Gasteiger partial charge in [0.2, 0.25) is 5.91 Å². The molecule has 0 aliphatic carbocycles. The van der Waals surface area contributed by atoms with Gasteiger partial charge in [0.05, 0.1) is 5.69 Å². The molecule has 0 aliphatic heterocycles. The van der Waals surface area contributed by atoms with Crippen molar-refractivity contribution in [1.29, 1.82) is 0 Å². The van der Waals surface area contributed by atoms with Crippen LogP contribution in [0.5, 0.6) is 0 Å². The Hall–Kier alpha value is -1.31. The minimum Gasteiger partial charge on any atom is -0.409 e. The minimum atomic E-state index is -0.647. The summed E-state index contributed by atoms with van der Waals surface area (Å²) in [6.07, 6.45) is 0. The van der Waals surface area contributed by atoms with Crippen LogP contribution in [0.4, 0.5) is 5.69 Å². The summed E-state index contributed by atoms with van der Waals surface area (Å²) < 4.78 is 0.936. The van der Waals surface area contributed by atoms with Crippen molar-refractivity contribution in [2.45, 2.75) is 13.8 Å². The topological polar surface area (TPSA) is 87.7 Å². The second-order valence-corrected chi connectivity index (χ2v) is 5.38. The van der Waals surface area contributed by atoms with Gasteiger partial charge in [-0.3, -0.25) is 4.79 Å². The van der Waals surface area contributed by atoms with E-state index in [1.165, 1.54) is 0 Å². The number of nitrogens with zero attached hydrogens (tertiary/aromatic N) is 1. The van der Waals surface area contributed by atoms with Crippen LogP contribution in [0.1, 0.15) is 13.8 Å². The zero-order chi connectivity index (χ0) is 13.7. The molecular formula is C12H16IN3O2. The lowest BCUT2D eigenvalue weighted by Crippen LogP contribution is -2.38. The Morgan fingerprint density at radius 1 is 1.44 bits per heavy atom. The number of nitrogens with one attached hydrogen (secondary N) is 1. The van der Waals surface area contributed by atoms with Gasteiger partial charge in [-0.2, -0.15) is 0 Å². The van der Waals surface area contributed by atoms with Gasteiger partial charge in [-0.25, -0.2) is 0 Å². The fourth-order valence-corrected chi connectivity index (χ4v) is 2.14. The van der Waals surface area contributed by atoms with Gasteiger partial charge in [0.1, 0.15) is 5.92 Å². The average Bonchev–Trinajstić information content (AvgIpc) is 2.31. The van der Waals surface area contributed by atoms with Gasteiger partial charge in [0.25, 0.3) is 0 Å². The Morgan fingerprint density at radius 2 is 2.06 bits per heavy atom. The van der Waals surface area contributed by atoms with Crippen LogP contribution in [0, 0.1) is 15.4 Å². The van der Waals surface area contributed by atoms with Crippen molar-refractivity contribution in [3.63, 3.8) is 0 Å². The van der Waals surface area contributed by atoms with E-state index in [4.69, 9.17) is 10.9 Å². The van der Waals surface area contributed by atoms with Crippen molar-refractivity contribution >= 4 is 40.0 Å². The first-order valence-electron chi connectivity index (χ1n) is 5.50. The van der Waals surface area contributed by atoms with Crippen LogP contribution in [0.2, 0.25) is 0 Å². The molecule has 0 bridgehead atoms. The van der Waals surface area contributed by atoms with E-state index in [-0.39, 0.29) is 17.7 Å². The molecule has 1 unspecified atom stereocenters. The van der Waals surface area contributed by atoms with E-state index in [0.717, 1.165) is 9.26 Å². The van der Waals surface area contributed by atoms with Crippen LogP contribution in [0.3, 0.4) is 0 Å². The second-order valence-electron chi connectivity index (χ2n) is 4.22. The van der Waals surface area contributed by atoms with Crippen LogP contribution < -0.4 is 11.1 Å². The molecule has 4 N–H and O–H groups in total. The third-order valence-electron chi connectivity index (χ3n) is 2.51. The number of para-hydroxylation sites is 1. The highest BCUT2D eigenvalue weighted by atomic mass is 127. The highest BCUT2D eigenvalue weighted by Crippen LogP contribution is 2.20. The number of anilines is 1. The zero-order valence-electron chi connectivity index (χ0n) is 10.2. The van der Waals surface area contributed by atoms with Crippen molar-refractivity contribution in [3.8, 4) is 0 Å². The molecule has 6 heteroatoms. The summed E-state index contributed by atoms with van der Waals surface area (Å²) in [5.74, 6) is -1.05. The number of hydrogen-bond acceptors (Lipinski definition) is 3. The molecule has 1 aromatic carbocycles. The highest BCUT2D eigenvalue weighted by Gasteiger charge is 2.27. The molecule has 0 fully saturated rings. The SMILES string of the molecule is CC(C)C(C(=O)Nc1ccccc1I)/C(N)=N/O. The van der Waals surface area contributed by atoms with E-state index < -0.39 is 5.92 Å². The van der Waals surface area contributed by atoms with Crippen molar-refractivity contribution in [2.75, 3.05) is 5.32 Å². The van der Waals surface area contributed by atoms with Crippen LogP contribution in [0.15, 0.2) is 29.4 Å². The number of oxime groups is 1. The largest absolute Gasteiger partial charge is 0.409 e. The van der Waals surface area contributed by atoms with Crippen LogP contribution in [-0.2, 0) is 4.79 Å². The summed E-state index contributed by atoms with van der Waals surface area (Å²) >= 11 is 2.14. The number of amides is 1. The molecule has 1 atom stereocenters. The van der Waals surface area contributed by atoms with E-state index in [1.54, 1.807) is 0 Å². The van der Waals surface area contributed by atoms with Gasteiger partial charge in [0.15, 0.2) is 5.84 Å². The minimum absolute atomic E-state index is 0.0535. The first-order chi connectivity index (χ1) is 8.47. The number of nitrogens with two attached hydrogens (primary N) is 1. The quantitative estimate of drug-likeness (QED) is 0.253. The molecule has 0 saturated carbocycles. The standard InChI is InChI=1S/C12H16IN3O2/c1-7(2)10(11(14)16-18)12(17)15-9-6-4-3-5-8(9)13/h3-7,10,18H,1-2H3,(H2,14,16)(H,15,17). The second kappa shape index (κ2) is 6.58. The number of amidine groups is 1. The molecule has 0 spiro atoms. The average molecular weight is 361 g/mol. The van der Waals surface area contributed by atoms with Crippen molar-refractivity contribution in [2.24, 2.45) is 22.7 Å². The summed E-state index contributed by atoms with van der Waals surface area (Å²) in [5.41, 5.74) is 6.27. The fourth-order valence-electron chi connectivity index (χ4n) is 1.61. The Bertz CT molecular complexity index is 460. The number of hydrogen-bond donors (Lipinski definition) is 3. The van der Waals surface area contributed by atoms with Gasteiger partial charge < -0.3 is 16.3 Å². The zero-order valence-corrected chi connectivity index (χ0v) is 12.4. The Morgan fingerprint density at radius 3 is 2.56 bits per heavy atom. The van der Waals surface area contributed by atoms with Crippen molar-refractivity contribution in [1.82, 2.24) is 0 Å². The maximum absolute atomic E-state index is 12.1. The Labute approximate surface area is 120 Å². The number of rotatable bonds is 4. The van der Waals surface area contributed by atoms with Gasteiger partial charge in [-0.1, -0.05) is 31.1 Å². The summed E-state index contributed by atoms with van der Waals surface area (Å²) in [6, 6.07) is 7.43. The summed E-state index contributed by atoms with van der Waals surface area (Å²) in [5, 5.41) is 14.4. The first kappa shape index (κ1) is 14.7. The Kier molecular flexibility index (Phi) is 5.39. The lowest BCUT2D eigenvalue weighted by atomic mass is 9.94. The van der Waals surface area contributed by atoms with Gasteiger partial charge in [-0.15, -0.1) is 0 Å². The third kappa shape index (κ3) is 3.59. The highest BCUT2D eigenvalue weighted by molar-refractivity contribution is 14.1. The van der Waals surface area contributed by atoms with E-state index in [0.29, 0.717) is 0 Å². The molecule has 18 heavy (non-hydrogen) atoms. The van der Waals surface area contributed by atoms with E-state index in [1.807, 2.05) is 38.1 Å². The normalized spacial score (nSPS) is 13.4. The Balaban J connectivity index is 2.90. The first-order valence-corrected chi connectivity index (χ1v) is 6.58. The molecule has 1 aromatic rings. The van der Waals surface area contributed by atoms with E-state index >= 15 is 0 Å². The monoisotopic (exact) mass is 361 g/mol. The molecular weight excluding hydrogens is 345 g/mol. The molecule has 0 aromatic heterocycles. The maximum atomic E-state index is 12.1. The van der Waals surface area contributed by atoms with Crippen molar-refractivity contribution < 1.29 is 10.0 Å². The molecule has 0 radical (unpaired) electrons. The number of carbonyl (C=O) groups excluding carboxylic acids is 1. The molecule has 0 heterocycles. The molecule has 98 valence electrons. The maximum Gasteiger partial charge on any atom is 0.235 e. The smallest absolute Gasteiger partial charge is 0.235 e. The molecule has 5 nitrogen and oxygen atoms in total. The third-order valence-corrected chi connectivity index (χ3v) is 3.46. The molecule has 1 amide bonds. The number of carbonyl (C=O) groups is 1. The van der Waals surface area contributed by atoms with Crippen molar-refractivity contribution in [3.05, 3.63) is 27.8 Å². The summed E-state index contributed by atoms with van der Waals surface area (Å²) in [4.78, 5) is 12.1. The van der Waals surface area contributed by atoms with Crippen LogP contribution >= 0.6 is 22.6 Å². The van der Waals surface area contributed by atoms with E-state index in [2.05, 4.69) is 33.1 Å². The lowest BCUT2D eigenvalue weighted by molar-refractivity contribution is -0.119. The lowest BCUT2D eigenvalue weighted by Gasteiger charge is -2.19.